The number of esters is 2. The highest BCUT2D eigenvalue weighted by atomic mass is 16.5. The van der Waals surface area contributed by atoms with Crippen LogP contribution in [0.2, 0.25) is 0 Å². The Kier molecular flexibility index (Phi) is 7.81. The lowest BCUT2D eigenvalue weighted by atomic mass is 9.52. The molecule has 6 atom stereocenters. The van der Waals surface area contributed by atoms with Gasteiger partial charge >= 0.3 is 11.9 Å². The van der Waals surface area contributed by atoms with Crippen molar-refractivity contribution in [3.63, 3.8) is 0 Å². The summed E-state index contributed by atoms with van der Waals surface area (Å²) in [4.78, 5) is 29.7. The Morgan fingerprint density at radius 3 is 2.32 bits per heavy atom. The Labute approximate surface area is 243 Å². The third-order valence-electron chi connectivity index (χ3n) is 11.7. The summed E-state index contributed by atoms with van der Waals surface area (Å²) < 4.78 is 10.8. The first-order chi connectivity index (χ1) is 20.0. The van der Waals surface area contributed by atoms with E-state index in [-0.39, 0.29) is 30.1 Å². The van der Waals surface area contributed by atoms with Gasteiger partial charge in [0.2, 0.25) is 0 Å². The van der Waals surface area contributed by atoms with Crippen LogP contribution < -0.4 is 5.32 Å². The standard InChI is InChI=1S/C31H48N6O4/c1-3-40-30(38)26-13-22-8-18(5-6-21(22)15-32-26)16-36-17-25(14-27(36)31(39)41-4-2)37-34-29(33-35-37)28-23-9-19-7-20(11-23)12-24(28)10-19/h18-28,32H,3-17H2,1-2H3/t18-,19?,20?,21-,22+,23?,24?,25-,26-,27-,28?/m0/s1. The molecule has 0 unspecified atom stereocenters. The molecule has 7 aliphatic rings. The summed E-state index contributed by atoms with van der Waals surface area (Å²) in [6, 6.07) is -0.431. The van der Waals surface area contributed by atoms with Crippen LogP contribution in [-0.2, 0) is 19.1 Å². The molecule has 10 nitrogen and oxygen atoms in total. The molecule has 0 aromatic carbocycles. The summed E-state index contributed by atoms with van der Waals surface area (Å²) in [7, 11) is 0. The van der Waals surface area contributed by atoms with Gasteiger partial charge in [0.15, 0.2) is 5.82 Å². The molecule has 2 aliphatic heterocycles. The maximum absolute atomic E-state index is 13.1. The quantitative estimate of drug-likeness (QED) is 0.472. The SMILES string of the molecule is CCOC(=O)[C@@H]1C[C@H]2C[C@@H](CN3C[C@@H](n4nnc(C5C6CC7CC(C6)CC5C7)n4)C[C@H]3C(=O)OCC)CC[C@H]2CN1. The Morgan fingerprint density at radius 1 is 0.854 bits per heavy atom. The molecule has 0 radical (unpaired) electrons. The van der Waals surface area contributed by atoms with E-state index in [4.69, 9.17) is 14.6 Å². The van der Waals surface area contributed by atoms with Crippen molar-refractivity contribution >= 4 is 11.9 Å². The number of tetrazole rings is 1. The van der Waals surface area contributed by atoms with E-state index in [0.29, 0.717) is 43.3 Å². The number of fused-ring (bicyclic) bond motifs is 1. The Hall–Kier alpha value is -2.07. The number of hydrogen-bond acceptors (Lipinski definition) is 9. The zero-order valence-corrected chi connectivity index (χ0v) is 24.8. The first-order valence-electron chi connectivity index (χ1n) is 16.6. The van der Waals surface area contributed by atoms with Gasteiger partial charge in [-0.2, -0.15) is 4.80 Å². The van der Waals surface area contributed by atoms with Crippen molar-refractivity contribution in [2.75, 3.05) is 32.8 Å². The summed E-state index contributed by atoms with van der Waals surface area (Å²) >= 11 is 0. The molecule has 10 heteroatoms. The number of hydrogen-bond donors (Lipinski definition) is 1. The topological polar surface area (TPSA) is 111 Å². The maximum Gasteiger partial charge on any atom is 0.323 e. The molecule has 7 fully saturated rings. The van der Waals surface area contributed by atoms with Gasteiger partial charge in [0, 0.05) is 19.0 Å². The second kappa shape index (κ2) is 11.5. The van der Waals surface area contributed by atoms with E-state index in [1.807, 2.05) is 18.6 Å². The largest absolute Gasteiger partial charge is 0.465 e. The van der Waals surface area contributed by atoms with Gasteiger partial charge in [-0.1, -0.05) is 0 Å². The van der Waals surface area contributed by atoms with E-state index in [0.717, 1.165) is 68.4 Å². The number of aromatic nitrogens is 4. The van der Waals surface area contributed by atoms with Crippen LogP contribution in [0.3, 0.4) is 0 Å². The first-order valence-corrected chi connectivity index (χ1v) is 16.6. The Balaban J connectivity index is 1.02. The van der Waals surface area contributed by atoms with Gasteiger partial charge in [-0.05, 0) is 131 Å². The van der Waals surface area contributed by atoms with E-state index in [9.17, 15) is 9.59 Å². The minimum Gasteiger partial charge on any atom is -0.465 e. The lowest BCUT2D eigenvalue weighted by Crippen LogP contribution is -2.51. The van der Waals surface area contributed by atoms with Gasteiger partial charge in [-0.25, -0.2) is 0 Å². The number of likely N-dealkylation sites (tertiary alicyclic amines) is 1. The number of carbonyl (C=O) groups excluding carboxylic acids is 2. The van der Waals surface area contributed by atoms with Crippen molar-refractivity contribution < 1.29 is 19.1 Å². The third-order valence-corrected chi connectivity index (χ3v) is 11.7. The van der Waals surface area contributed by atoms with Gasteiger partial charge < -0.3 is 14.8 Å². The van der Waals surface area contributed by atoms with Crippen molar-refractivity contribution in [3.8, 4) is 0 Å². The van der Waals surface area contributed by atoms with Crippen LogP contribution in [0.5, 0.6) is 0 Å². The Bertz CT molecular complexity index is 1080. The number of rotatable bonds is 8. The fraction of sp³-hybridized carbons (Fsp3) is 0.903. The highest BCUT2D eigenvalue weighted by molar-refractivity contribution is 5.76. The van der Waals surface area contributed by atoms with Crippen LogP contribution in [0.25, 0.3) is 0 Å². The summed E-state index contributed by atoms with van der Waals surface area (Å²) in [6.45, 7) is 7.07. The zero-order chi connectivity index (χ0) is 28.1. The molecule has 1 aromatic rings. The van der Waals surface area contributed by atoms with E-state index in [2.05, 4.69) is 20.5 Å². The predicted molar refractivity (Wildman–Crippen MR) is 151 cm³/mol. The second-order valence-corrected chi connectivity index (χ2v) is 14.2. The summed E-state index contributed by atoms with van der Waals surface area (Å²) in [5.74, 6) is 6.10. The van der Waals surface area contributed by atoms with Crippen LogP contribution in [0, 0.1) is 41.4 Å². The molecular weight excluding hydrogens is 520 g/mol. The lowest BCUT2D eigenvalue weighted by Gasteiger charge is -2.53. The number of piperidine rings is 1. The van der Waals surface area contributed by atoms with Crippen LogP contribution in [0.15, 0.2) is 0 Å². The molecule has 41 heavy (non-hydrogen) atoms. The number of nitrogens with zero attached hydrogens (tertiary/aromatic N) is 5. The molecule has 0 amide bonds. The fourth-order valence-corrected chi connectivity index (χ4v) is 10.2. The van der Waals surface area contributed by atoms with E-state index in [1.165, 1.54) is 38.5 Å². The third kappa shape index (κ3) is 5.43. The molecule has 0 spiro atoms. The van der Waals surface area contributed by atoms with Crippen molar-refractivity contribution in [1.82, 2.24) is 30.4 Å². The zero-order valence-electron chi connectivity index (χ0n) is 24.8. The fourth-order valence-electron chi connectivity index (χ4n) is 10.2. The molecule has 1 N–H and O–H groups in total. The maximum atomic E-state index is 13.1. The van der Waals surface area contributed by atoms with E-state index >= 15 is 0 Å². The average Bonchev–Trinajstić information content (AvgIpc) is 3.60. The van der Waals surface area contributed by atoms with Gasteiger partial charge in [-0.15, -0.1) is 10.2 Å². The van der Waals surface area contributed by atoms with Crippen LogP contribution >= 0.6 is 0 Å². The molecule has 5 saturated carbocycles. The summed E-state index contributed by atoms with van der Waals surface area (Å²) in [6.07, 6.45) is 11.7. The molecule has 2 saturated heterocycles. The molecule has 1 aromatic heterocycles. The molecule has 4 bridgehead atoms. The number of ether oxygens (including phenoxy) is 2. The highest BCUT2D eigenvalue weighted by Crippen LogP contribution is 2.59. The van der Waals surface area contributed by atoms with Crippen LogP contribution in [0.1, 0.15) is 95.8 Å². The molecule has 3 heterocycles. The van der Waals surface area contributed by atoms with Gasteiger partial charge in [-0.3, -0.25) is 14.5 Å². The second-order valence-electron chi connectivity index (χ2n) is 14.2. The normalized spacial score (nSPS) is 41.8. The number of nitrogens with one attached hydrogen (secondary N) is 1. The molecule has 5 aliphatic carbocycles. The van der Waals surface area contributed by atoms with Crippen molar-refractivity contribution in [1.29, 1.82) is 0 Å². The first kappa shape index (κ1) is 27.7. The van der Waals surface area contributed by atoms with Crippen LogP contribution in [-0.4, -0.2) is 82.0 Å². The molecular formula is C31H48N6O4. The van der Waals surface area contributed by atoms with Crippen molar-refractivity contribution in [2.45, 2.75) is 102 Å². The highest BCUT2D eigenvalue weighted by Gasteiger charge is 2.50. The molecule has 8 rings (SSSR count). The lowest BCUT2D eigenvalue weighted by molar-refractivity contribution is -0.149. The van der Waals surface area contributed by atoms with Gasteiger partial charge in [0.25, 0.3) is 0 Å². The summed E-state index contributed by atoms with van der Waals surface area (Å²) in [5.41, 5.74) is 0. The van der Waals surface area contributed by atoms with E-state index in [1.54, 1.807) is 0 Å². The van der Waals surface area contributed by atoms with Crippen molar-refractivity contribution in [3.05, 3.63) is 5.82 Å². The van der Waals surface area contributed by atoms with E-state index < -0.39 is 0 Å². The van der Waals surface area contributed by atoms with Gasteiger partial charge in [0.05, 0.1) is 19.3 Å². The average molecular weight is 569 g/mol. The minimum absolute atomic E-state index is 0.0332. The predicted octanol–water partition coefficient (Wildman–Crippen LogP) is 3.35. The number of carbonyl (C=O) groups is 2. The Morgan fingerprint density at radius 2 is 1.59 bits per heavy atom. The van der Waals surface area contributed by atoms with Gasteiger partial charge in [0.1, 0.15) is 12.1 Å². The smallest absolute Gasteiger partial charge is 0.323 e. The molecule has 226 valence electrons. The summed E-state index contributed by atoms with van der Waals surface area (Å²) in [5, 5.41) is 17.7. The van der Waals surface area contributed by atoms with Crippen LogP contribution in [0.4, 0.5) is 0 Å². The minimum atomic E-state index is -0.270. The van der Waals surface area contributed by atoms with Crippen molar-refractivity contribution in [2.24, 2.45) is 41.4 Å². The monoisotopic (exact) mass is 568 g/mol.